The zero-order valence-electron chi connectivity index (χ0n) is 17.9. The van der Waals surface area contributed by atoms with Gasteiger partial charge in [0, 0.05) is 6.54 Å². The molecule has 0 bridgehead atoms. The fourth-order valence-electron chi connectivity index (χ4n) is 3.65. The van der Waals surface area contributed by atoms with Gasteiger partial charge in [-0.2, -0.15) is 4.98 Å². The molecule has 0 spiro atoms. The van der Waals surface area contributed by atoms with Crippen LogP contribution in [0.15, 0.2) is 41.2 Å². The van der Waals surface area contributed by atoms with Crippen molar-refractivity contribution in [1.29, 1.82) is 0 Å². The van der Waals surface area contributed by atoms with Crippen LogP contribution in [0, 0.1) is 17.7 Å². The topological polar surface area (TPSA) is 128 Å². The number of fused-ring (bicyclic) bond motifs is 2. The number of benzene rings is 2. The fraction of sp³-hybridized carbons (Fsp3) is 0.304. The zero-order valence-corrected chi connectivity index (χ0v) is 17.9. The standard InChI is InChI=1S/C23H22FN3O6/c1-22(2,29)11-10-14-6-3-9-17-19(14)33-13-5-12-26(17)20-18-15(24)7-4-8-16(18)27(21(28)25-20)23(30,31)32/h3-4,6-9,29-32H,5,12-13H2,1-2H3. The Morgan fingerprint density at radius 1 is 1.12 bits per heavy atom. The second-order valence-electron chi connectivity index (χ2n) is 8.10. The average molecular weight is 455 g/mol. The monoisotopic (exact) mass is 455 g/mol. The summed E-state index contributed by atoms with van der Waals surface area (Å²) in [5.41, 5.74) is -1.74. The summed E-state index contributed by atoms with van der Waals surface area (Å²) < 4.78 is 21.1. The first-order valence-corrected chi connectivity index (χ1v) is 10.1. The number of hydrogen-bond donors (Lipinski definition) is 4. The van der Waals surface area contributed by atoms with Crippen molar-refractivity contribution in [3.05, 3.63) is 58.3 Å². The van der Waals surface area contributed by atoms with Crippen molar-refractivity contribution in [3.8, 4) is 17.6 Å². The van der Waals surface area contributed by atoms with Crippen molar-refractivity contribution < 1.29 is 29.6 Å². The molecule has 1 aliphatic rings. The molecule has 0 saturated carbocycles. The molecule has 10 heteroatoms. The predicted octanol–water partition coefficient (Wildman–Crippen LogP) is 1.12. The van der Waals surface area contributed by atoms with Gasteiger partial charge in [-0.15, -0.1) is 0 Å². The molecule has 172 valence electrons. The van der Waals surface area contributed by atoms with E-state index in [0.29, 0.717) is 36.6 Å². The second kappa shape index (κ2) is 8.13. The van der Waals surface area contributed by atoms with Crippen LogP contribution in [-0.4, -0.2) is 48.7 Å². The van der Waals surface area contributed by atoms with Crippen molar-refractivity contribution in [2.75, 3.05) is 18.1 Å². The van der Waals surface area contributed by atoms with Gasteiger partial charge in [-0.05, 0) is 44.5 Å². The largest absolute Gasteiger partial charge is 0.490 e. The number of aromatic nitrogens is 2. The van der Waals surface area contributed by atoms with E-state index in [0.717, 1.165) is 6.07 Å². The number of para-hydroxylation sites is 1. The smallest absolute Gasteiger partial charge is 0.377 e. The highest BCUT2D eigenvalue weighted by Crippen LogP contribution is 2.40. The molecule has 1 aliphatic heterocycles. The molecule has 0 atom stereocenters. The maximum atomic E-state index is 15.0. The van der Waals surface area contributed by atoms with E-state index in [4.69, 9.17) is 4.74 Å². The molecular formula is C23H22FN3O6. The first-order valence-electron chi connectivity index (χ1n) is 10.1. The van der Waals surface area contributed by atoms with Crippen LogP contribution in [-0.2, 0) is 6.10 Å². The molecule has 0 radical (unpaired) electrons. The third-order valence-corrected chi connectivity index (χ3v) is 4.97. The molecule has 3 aromatic rings. The summed E-state index contributed by atoms with van der Waals surface area (Å²) in [5, 5.41) is 38.8. The lowest BCUT2D eigenvalue weighted by Crippen LogP contribution is -2.43. The number of rotatable bonds is 2. The van der Waals surface area contributed by atoms with E-state index in [1.54, 1.807) is 36.9 Å². The highest BCUT2D eigenvalue weighted by Gasteiger charge is 2.31. The van der Waals surface area contributed by atoms with Gasteiger partial charge in [-0.3, -0.25) is 0 Å². The van der Waals surface area contributed by atoms with E-state index in [1.165, 1.54) is 12.1 Å². The summed E-state index contributed by atoms with van der Waals surface area (Å²) in [6.45, 7) is 3.71. The summed E-state index contributed by atoms with van der Waals surface area (Å²) in [6, 6.07) is 8.79. The van der Waals surface area contributed by atoms with Crippen LogP contribution in [0.1, 0.15) is 25.8 Å². The Morgan fingerprint density at radius 2 is 1.85 bits per heavy atom. The van der Waals surface area contributed by atoms with Gasteiger partial charge in [-0.1, -0.05) is 24.0 Å². The molecule has 0 amide bonds. The number of aliphatic hydroxyl groups is 4. The van der Waals surface area contributed by atoms with Crippen LogP contribution in [0.25, 0.3) is 10.9 Å². The van der Waals surface area contributed by atoms with Gasteiger partial charge in [0.15, 0.2) is 11.6 Å². The molecule has 0 unspecified atom stereocenters. The van der Waals surface area contributed by atoms with Crippen LogP contribution in [0.3, 0.4) is 0 Å². The minimum absolute atomic E-state index is 0.0760. The van der Waals surface area contributed by atoms with Gasteiger partial charge in [-0.25, -0.2) is 13.8 Å². The Hall–Kier alpha value is -3.49. The number of halogens is 1. The second-order valence-corrected chi connectivity index (χ2v) is 8.10. The Morgan fingerprint density at radius 3 is 2.55 bits per heavy atom. The van der Waals surface area contributed by atoms with E-state index >= 15 is 4.39 Å². The Kier molecular flexibility index (Phi) is 5.59. The van der Waals surface area contributed by atoms with E-state index < -0.39 is 23.2 Å². The van der Waals surface area contributed by atoms with Gasteiger partial charge in [0.1, 0.15) is 11.4 Å². The molecule has 9 nitrogen and oxygen atoms in total. The van der Waals surface area contributed by atoms with Crippen LogP contribution in [0.5, 0.6) is 5.75 Å². The number of ether oxygens (including phenoxy) is 1. The average Bonchev–Trinajstić information content (AvgIpc) is 2.93. The summed E-state index contributed by atoms with van der Waals surface area (Å²) in [7, 11) is 0. The van der Waals surface area contributed by atoms with Crippen LogP contribution < -0.4 is 15.3 Å². The Balaban J connectivity index is 2.00. The summed E-state index contributed by atoms with van der Waals surface area (Å²) in [5.74, 6) is 5.14. The lowest BCUT2D eigenvalue weighted by Gasteiger charge is -2.26. The summed E-state index contributed by atoms with van der Waals surface area (Å²) in [6.07, 6.45) is -3.08. The van der Waals surface area contributed by atoms with Gasteiger partial charge in [0.05, 0.1) is 28.8 Å². The van der Waals surface area contributed by atoms with Gasteiger partial charge < -0.3 is 30.1 Å². The van der Waals surface area contributed by atoms with Crippen molar-refractivity contribution in [2.24, 2.45) is 0 Å². The molecule has 4 rings (SSSR count). The quantitative estimate of drug-likeness (QED) is 0.334. The minimum atomic E-state index is -3.58. The van der Waals surface area contributed by atoms with E-state index in [9.17, 15) is 25.2 Å². The van der Waals surface area contributed by atoms with Gasteiger partial charge in [0.2, 0.25) is 0 Å². The fourth-order valence-corrected chi connectivity index (χ4v) is 3.65. The third-order valence-electron chi connectivity index (χ3n) is 4.97. The molecule has 2 heterocycles. The normalized spacial score (nSPS) is 14.2. The first-order chi connectivity index (χ1) is 15.5. The van der Waals surface area contributed by atoms with Crippen LogP contribution in [0.2, 0.25) is 0 Å². The lowest BCUT2D eigenvalue weighted by atomic mass is 10.1. The van der Waals surface area contributed by atoms with Crippen molar-refractivity contribution in [2.45, 2.75) is 32.0 Å². The third kappa shape index (κ3) is 4.40. The van der Waals surface area contributed by atoms with Crippen molar-refractivity contribution in [3.63, 3.8) is 0 Å². The molecule has 0 fully saturated rings. The number of nitrogens with zero attached hydrogens (tertiary/aromatic N) is 3. The molecule has 0 aliphatic carbocycles. The number of anilines is 2. The SMILES string of the molecule is CC(C)(O)C#Cc1cccc2c1OCCCN2c1nc(=O)n(C(O)(O)O)c2cccc(F)c12. The van der Waals surface area contributed by atoms with Crippen LogP contribution >= 0.6 is 0 Å². The molecule has 4 N–H and O–H groups in total. The first kappa shape index (κ1) is 22.7. The van der Waals surface area contributed by atoms with Crippen molar-refractivity contribution in [1.82, 2.24) is 9.55 Å². The van der Waals surface area contributed by atoms with E-state index in [1.807, 2.05) is 0 Å². The summed E-state index contributed by atoms with van der Waals surface area (Å²) >= 11 is 0. The molecule has 33 heavy (non-hydrogen) atoms. The summed E-state index contributed by atoms with van der Waals surface area (Å²) in [4.78, 5) is 18.1. The molecular weight excluding hydrogens is 433 g/mol. The van der Waals surface area contributed by atoms with E-state index in [2.05, 4.69) is 16.8 Å². The lowest BCUT2D eigenvalue weighted by molar-refractivity contribution is -0.374. The molecule has 2 aromatic carbocycles. The number of hydrogen-bond acceptors (Lipinski definition) is 8. The highest BCUT2D eigenvalue weighted by molar-refractivity contribution is 5.93. The van der Waals surface area contributed by atoms with Crippen LogP contribution in [0.4, 0.5) is 15.9 Å². The van der Waals surface area contributed by atoms with Gasteiger partial charge in [0.25, 0.3) is 0 Å². The minimum Gasteiger partial charge on any atom is -0.490 e. The Labute approximate surface area is 187 Å². The van der Waals surface area contributed by atoms with Gasteiger partial charge >= 0.3 is 11.8 Å². The zero-order chi connectivity index (χ0) is 24.0. The molecule has 1 aromatic heterocycles. The van der Waals surface area contributed by atoms with E-state index in [-0.39, 0.29) is 21.3 Å². The highest BCUT2D eigenvalue weighted by atomic mass is 19.1. The maximum Gasteiger partial charge on any atom is 0.377 e. The van der Waals surface area contributed by atoms with Crippen molar-refractivity contribution >= 4 is 22.4 Å². The maximum absolute atomic E-state index is 15.0. The molecule has 0 saturated heterocycles. The predicted molar refractivity (Wildman–Crippen MR) is 117 cm³/mol. The Bertz CT molecular complexity index is 1350.